The summed E-state index contributed by atoms with van der Waals surface area (Å²) in [6.07, 6.45) is 1.03. The number of hydrogen-bond donors (Lipinski definition) is 1. The molecule has 0 bridgehead atoms. The van der Waals surface area contributed by atoms with Crippen LogP contribution in [0.3, 0.4) is 0 Å². The standard InChI is InChI=1S/C12H8BrF3N6O/c13-7-2-17-10-1-9(20-22(10)4-7)11(23)19-8-3-18-21(5-8)6-12(14,15)16/h1-5H,6H2,(H,19,23). The lowest BCUT2D eigenvalue weighted by Crippen LogP contribution is -2.18. The van der Waals surface area contributed by atoms with Crippen molar-refractivity contribution in [2.24, 2.45) is 0 Å². The summed E-state index contributed by atoms with van der Waals surface area (Å²) in [5.41, 5.74) is 0.690. The smallest absolute Gasteiger partial charge is 0.318 e. The molecule has 3 heterocycles. The van der Waals surface area contributed by atoms with E-state index in [1.165, 1.54) is 10.6 Å². The van der Waals surface area contributed by atoms with Gasteiger partial charge in [-0.05, 0) is 15.9 Å². The van der Waals surface area contributed by atoms with Gasteiger partial charge < -0.3 is 5.32 Å². The Bertz CT molecular complexity index is 871. The van der Waals surface area contributed by atoms with Crippen LogP contribution in [-0.4, -0.2) is 36.5 Å². The van der Waals surface area contributed by atoms with Crippen molar-refractivity contribution in [1.29, 1.82) is 0 Å². The predicted molar refractivity (Wildman–Crippen MR) is 76.9 cm³/mol. The van der Waals surface area contributed by atoms with Crippen LogP contribution in [0.1, 0.15) is 10.5 Å². The average Bonchev–Trinajstić information content (AvgIpc) is 3.03. The van der Waals surface area contributed by atoms with E-state index in [1.807, 2.05) is 0 Å². The van der Waals surface area contributed by atoms with Gasteiger partial charge in [-0.25, -0.2) is 9.50 Å². The normalized spacial score (nSPS) is 11.8. The molecule has 0 aliphatic carbocycles. The molecule has 0 saturated carbocycles. The molecule has 3 aromatic rings. The molecule has 23 heavy (non-hydrogen) atoms. The van der Waals surface area contributed by atoms with Gasteiger partial charge in [-0.1, -0.05) is 0 Å². The van der Waals surface area contributed by atoms with E-state index in [0.717, 1.165) is 12.4 Å². The van der Waals surface area contributed by atoms with Crippen molar-refractivity contribution < 1.29 is 18.0 Å². The van der Waals surface area contributed by atoms with E-state index in [2.05, 4.69) is 36.4 Å². The van der Waals surface area contributed by atoms with Gasteiger partial charge in [-0.3, -0.25) is 9.48 Å². The number of aromatic nitrogens is 5. The van der Waals surface area contributed by atoms with Gasteiger partial charge in [0.15, 0.2) is 11.3 Å². The largest absolute Gasteiger partial charge is 0.408 e. The summed E-state index contributed by atoms with van der Waals surface area (Å²) >= 11 is 3.23. The monoisotopic (exact) mass is 388 g/mol. The van der Waals surface area contributed by atoms with E-state index in [9.17, 15) is 18.0 Å². The van der Waals surface area contributed by atoms with E-state index >= 15 is 0 Å². The van der Waals surface area contributed by atoms with Gasteiger partial charge in [0.25, 0.3) is 5.91 Å². The third kappa shape index (κ3) is 3.67. The zero-order valence-corrected chi connectivity index (χ0v) is 12.8. The summed E-state index contributed by atoms with van der Waals surface area (Å²) < 4.78 is 39.6. The summed E-state index contributed by atoms with van der Waals surface area (Å²) in [6.45, 7) is -1.23. The first-order chi connectivity index (χ1) is 10.8. The molecule has 0 atom stereocenters. The lowest BCUT2D eigenvalue weighted by Gasteiger charge is -2.05. The number of alkyl halides is 3. The molecule has 1 N–H and O–H groups in total. The molecule has 120 valence electrons. The Kier molecular flexibility index (Phi) is 3.80. The third-order valence-corrected chi connectivity index (χ3v) is 3.16. The second-order valence-corrected chi connectivity index (χ2v) is 5.52. The molecule has 7 nitrogen and oxygen atoms in total. The zero-order valence-electron chi connectivity index (χ0n) is 11.3. The maximum absolute atomic E-state index is 12.3. The minimum atomic E-state index is -4.38. The maximum atomic E-state index is 12.3. The number of nitrogens with zero attached hydrogens (tertiary/aromatic N) is 5. The highest BCUT2D eigenvalue weighted by Crippen LogP contribution is 2.18. The lowest BCUT2D eigenvalue weighted by atomic mass is 10.4. The number of rotatable bonds is 3. The Morgan fingerprint density at radius 3 is 2.83 bits per heavy atom. The quantitative estimate of drug-likeness (QED) is 0.747. The van der Waals surface area contributed by atoms with Crippen molar-refractivity contribution in [1.82, 2.24) is 24.4 Å². The second-order valence-electron chi connectivity index (χ2n) is 4.60. The van der Waals surface area contributed by atoms with Gasteiger partial charge in [0.05, 0.1) is 16.4 Å². The highest BCUT2D eigenvalue weighted by molar-refractivity contribution is 9.10. The summed E-state index contributed by atoms with van der Waals surface area (Å²) in [6, 6.07) is 1.46. The number of anilines is 1. The van der Waals surface area contributed by atoms with Gasteiger partial charge in [-0.2, -0.15) is 23.4 Å². The molecule has 11 heteroatoms. The molecule has 1 amide bonds. The maximum Gasteiger partial charge on any atom is 0.408 e. The average molecular weight is 389 g/mol. The fourth-order valence-electron chi connectivity index (χ4n) is 1.86. The van der Waals surface area contributed by atoms with Gasteiger partial charge >= 0.3 is 6.18 Å². The predicted octanol–water partition coefficient (Wildman–Crippen LogP) is 2.50. The molecule has 3 aromatic heterocycles. The second kappa shape index (κ2) is 5.65. The van der Waals surface area contributed by atoms with Gasteiger partial charge in [0.1, 0.15) is 6.54 Å². The van der Waals surface area contributed by atoms with Crippen LogP contribution in [-0.2, 0) is 6.54 Å². The number of halogens is 4. The molecule has 0 spiro atoms. The van der Waals surface area contributed by atoms with Crippen molar-refractivity contribution >= 4 is 33.2 Å². The molecule has 3 rings (SSSR count). The zero-order chi connectivity index (χ0) is 16.6. The van der Waals surface area contributed by atoms with Crippen LogP contribution in [0.5, 0.6) is 0 Å². The molecule has 0 fully saturated rings. The highest BCUT2D eigenvalue weighted by Gasteiger charge is 2.28. The van der Waals surface area contributed by atoms with Crippen LogP contribution < -0.4 is 5.32 Å². The van der Waals surface area contributed by atoms with Gasteiger partial charge in [-0.15, -0.1) is 0 Å². The van der Waals surface area contributed by atoms with E-state index < -0.39 is 18.6 Å². The van der Waals surface area contributed by atoms with E-state index in [1.54, 1.807) is 12.4 Å². The van der Waals surface area contributed by atoms with E-state index in [-0.39, 0.29) is 11.4 Å². The number of hydrogen-bond acceptors (Lipinski definition) is 4. The Balaban J connectivity index is 1.75. The SMILES string of the molecule is O=C(Nc1cnn(CC(F)(F)F)c1)c1cc2ncc(Br)cn2n1. The van der Waals surface area contributed by atoms with Gasteiger partial charge in [0.2, 0.25) is 0 Å². The van der Waals surface area contributed by atoms with Crippen LogP contribution in [0, 0.1) is 0 Å². The first-order valence-corrected chi connectivity index (χ1v) is 7.01. The first kappa shape index (κ1) is 15.5. The number of amides is 1. The molecule has 0 unspecified atom stereocenters. The fraction of sp³-hybridized carbons (Fsp3) is 0.167. The van der Waals surface area contributed by atoms with Crippen LogP contribution in [0.25, 0.3) is 5.65 Å². The topological polar surface area (TPSA) is 77.1 Å². The van der Waals surface area contributed by atoms with Crippen LogP contribution >= 0.6 is 15.9 Å². The summed E-state index contributed by atoms with van der Waals surface area (Å²) in [4.78, 5) is 16.1. The van der Waals surface area contributed by atoms with Crippen LogP contribution in [0.4, 0.5) is 18.9 Å². The van der Waals surface area contributed by atoms with Crippen molar-refractivity contribution in [3.63, 3.8) is 0 Å². The Labute approximate surface area is 135 Å². The molecular formula is C12H8BrF3N6O. The number of carbonyl (C=O) groups excluding carboxylic acids is 1. The van der Waals surface area contributed by atoms with Crippen LogP contribution in [0.2, 0.25) is 0 Å². The van der Waals surface area contributed by atoms with Crippen molar-refractivity contribution in [2.45, 2.75) is 12.7 Å². The number of carbonyl (C=O) groups is 1. The lowest BCUT2D eigenvalue weighted by molar-refractivity contribution is -0.142. The van der Waals surface area contributed by atoms with E-state index in [0.29, 0.717) is 14.8 Å². The summed E-state index contributed by atoms with van der Waals surface area (Å²) in [5.74, 6) is -0.571. The molecule has 0 aromatic carbocycles. The molecular weight excluding hydrogens is 381 g/mol. The van der Waals surface area contributed by atoms with Crippen molar-refractivity contribution in [3.8, 4) is 0 Å². The minimum absolute atomic E-state index is 0.0826. The third-order valence-electron chi connectivity index (χ3n) is 2.75. The fourth-order valence-corrected chi connectivity index (χ4v) is 2.15. The van der Waals surface area contributed by atoms with Crippen molar-refractivity contribution in [3.05, 3.63) is 41.0 Å². The van der Waals surface area contributed by atoms with Crippen molar-refractivity contribution in [2.75, 3.05) is 5.32 Å². The molecule has 0 aliphatic heterocycles. The highest BCUT2D eigenvalue weighted by atomic mass is 79.9. The Morgan fingerprint density at radius 1 is 1.30 bits per heavy atom. The van der Waals surface area contributed by atoms with Crippen LogP contribution in [0.15, 0.2) is 35.3 Å². The number of fused-ring (bicyclic) bond motifs is 1. The Hall–Kier alpha value is -2.43. The molecule has 0 saturated heterocycles. The minimum Gasteiger partial charge on any atom is -0.318 e. The Morgan fingerprint density at radius 2 is 2.09 bits per heavy atom. The number of nitrogens with one attached hydrogen (secondary N) is 1. The summed E-state index contributed by atoms with van der Waals surface area (Å²) in [5, 5.41) is 10.0. The van der Waals surface area contributed by atoms with Gasteiger partial charge in [0, 0.05) is 24.7 Å². The van der Waals surface area contributed by atoms with E-state index in [4.69, 9.17) is 0 Å². The summed E-state index contributed by atoms with van der Waals surface area (Å²) in [7, 11) is 0. The molecule has 0 aliphatic rings. The first-order valence-electron chi connectivity index (χ1n) is 6.22. The molecule has 0 radical (unpaired) electrons.